The first-order chi connectivity index (χ1) is 11.1. The van der Waals surface area contributed by atoms with Crippen LogP contribution in [0.15, 0.2) is 18.2 Å². The second-order valence-corrected chi connectivity index (χ2v) is 6.14. The van der Waals surface area contributed by atoms with Gasteiger partial charge in [-0.15, -0.1) is 0 Å². The Morgan fingerprint density at radius 3 is 2.54 bits per heavy atom. The third-order valence-electron chi connectivity index (χ3n) is 4.97. The highest BCUT2D eigenvalue weighted by Gasteiger charge is 2.85. The molecule has 24 heavy (non-hydrogen) atoms. The molecule has 3 unspecified atom stereocenters. The molecule has 0 amide bonds. The summed E-state index contributed by atoms with van der Waals surface area (Å²) < 4.78 is 46.4. The van der Waals surface area contributed by atoms with E-state index in [1.807, 2.05) is 0 Å². The van der Waals surface area contributed by atoms with Crippen molar-refractivity contribution in [3.63, 3.8) is 0 Å². The molecule has 0 spiro atoms. The molecule has 6 nitrogen and oxygen atoms in total. The minimum Gasteiger partial charge on any atom is -0.480 e. The van der Waals surface area contributed by atoms with Crippen molar-refractivity contribution in [1.29, 1.82) is 0 Å². The number of fused-ring (bicyclic) bond motifs is 1. The molecule has 2 aliphatic rings. The molecule has 0 radical (unpaired) electrons. The zero-order chi connectivity index (χ0) is 17.9. The zero-order valence-corrected chi connectivity index (χ0v) is 12.2. The summed E-state index contributed by atoms with van der Waals surface area (Å²) in [7, 11) is 0. The van der Waals surface area contributed by atoms with E-state index in [0.717, 1.165) is 6.07 Å². The van der Waals surface area contributed by atoms with Crippen LogP contribution in [0.4, 0.5) is 13.2 Å². The van der Waals surface area contributed by atoms with E-state index >= 15 is 0 Å². The van der Waals surface area contributed by atoms with Crippen molar-refractivity contribution in [3.8, 4) is 0 Å². The Morgan fingerprint density at radius 2 is 1.96 bits per heavy atom. The van der Waals surface area contributed by atoms with E-state index in [0.29, 0.717) is 0 Å². The molecule has 2 fully saturated rings. The topological polar surface area (TPSA) is 110 Å². The van der Waals surface area contributed by atoms with Gasteiger partial charge in [-0.05, 0) is 12.5 Å². The molecule has 9 heteroatoms. The number of halogens is 3. The molecule has 0 aliphatic heterocycles. The second kappa shape index (κ2) is 5.18. The summed E-state index contributed by atoms with van der Waals surface area (Å²) in [6.07, 6.45) is -1.44. The van der Waals surface area contributed by atoms with E-state index in [9.17, 15) is 27.9 Å². The Kier molecular flexibility index (Phi) is 3.61. The van der Waals surface area contributed by atoms with E-state index in [1.165, 1.54) is 12.1 Å². The predicted octanol–water partition coefficient (Wildman–Crippen LogP) is 1.07. The maximum absolute atomic E-state index is 14.3. The van der Waals surface area contributed by atoms with Gasteiger partial charge in [0, 0.05) is 17.4 Å². The van der Waals surface area contributed by atoms with Crippen molar-refractivity contribution in [1.82, 2.24) is 0 Å². The summed E-state index contributed by atoms with van der Waals surface area (Å²) in [4.78, 5) is 22.5. The average Bonchev–Trinajstić information content (AvgIpc) is 2.98. The SMILES string of the molecule is N[C@@]1(C(=O)O)C(OCc2cccc(F)c2F)CC2C1[C@@]2(F)C(=O)O. The molecule has 4 N–H and O–H groups in total. The summed E-state index contributed by atoms with van der Waals surface area (Å²) in [5, 5.41) is 18.3. The highest BCUT2D eigenvalue weighted by atomic mass is 19.2. The molecule has 0 saturated heterocycles. The van der Waals surface area contributed by atoms with E-state index < -0.39 is 59.3 Å². The van der Waals surface area contributed by atoms with E-state index in [1.54, 1.807) is 0 Å². The standard InChI is InChI=1S/C15H14F3NO5/c16-8-3-1-2-6(10(8)17)5-24-9-4-7-11(14(7,18)12(20)21)15(9,19)13(22)23/h1-3,7,9,11H,4-5,19H2,(H,20,21)(H,22,23)/t7?,9?,11?,14-,15+/m1/s1. The van der Waals surface area contributed by atoms with Crippen molar-refractivity contribution in [2.24, 2.45) is 17.6 Å². The predicted molar refractivity (Wildman–Crippen MR) is 72.6 cm³/mol. The van der Waals surface area contributed by atoms with Crippen LogP contribution < -0.4 is 5.73 Å². The van der Waals surface area contributed by atoms with Gasteiger partial charge in [-0.3, -0.25) is 4.79 Å². The summed E-state index contributed by atoms with van der Waals surface area (Å²) >= 11 is 0. The van der Waals surface area contributed by atoms with Crippen LogP contribution in [-0.2, 0) is 20.9 Å². The molecule has 130 valence electrons. The quantitative estimate of drug-likeness (QED) is 0.736. The molecule has 0 bridgehead atoms. The van der Waals surface area contributed by atoms with E-state index in [4.69, 9.17) is 15.6 Å². The number of hydrogen-bond donors (Lipinski definition) is 3. The molecule has 2 aliphatic carbocycles. The van der Waals surface area contributed by atoms with E-state index in [2.05, 4.69) is 0 Å². The first kappa shape index (κ1) is 16.7. The van der Waals surface area contributed by atoms with Crippen molar-refractivity contribution in [3.05, 3.63) is 35.4 Å². The molecule has 2 saturated carbocycles. The number of nitrogens with two attached hydrogens (primary N) is 1. The van der Waals surface area contributed by atoms with Crippen LogP contribution >= 0.6 is 0 Å². The highest BCUT2D eigenvalue weighted by Crippen LogP contribution is 2.67. The lowest BCUT2D eigenvalue weighted by Crippen LogP contribution is -2.60. The van der Waals surface area contributed by atoms with Crippen LogP contribution in [0.3, 0.4) is 0 Å². The molecule has 0 heterocycles. The number of rotatable bonds is 5. The minimum absolute atomic E-state index is 0.145. The number of carbonyl (C=O) groups is 2. The average molecular weight is 345 g/mol. The van der Waals surface area contributed by atoms with Crippen molar-refractivity contribution in [2.45, 2.75) is 30.3 Å². The zero-order valence-electron chi connectivity index (χ0n) is 12.2. The smallest absolute Gasteiger partial charge is 0.342 e. The Labute approximate surface area is 134 Å². The number of carboxylic acid groups (broad SMARTS) is 2. The third-order valence-corrected chi connectivity index (χ3v) is 4.97. The molecule has 3 rings (SSSR count). The molecule has 1 aromatic rings. The third kappa shape index (κ3) is 2.04. The Bertz CT molecular complexity index is 729. The van der Waals surface area contributed by atoms with Crippen LogP contribution in [-0.4, -0.2) is 39.5 Å². The molecule has 5 atom stereocenters. The molecular weight excluding hydrogens is 331 g/mol. The fourth-order valence-corrected chi connectivity index (χ4v) is 3.66. The molecule has 1 aromatic carbocycles. The lowest BCUT2D eigenvalue weighted by molar-refractivity contribution is -0.156. The van der Waals surface area contributed by atoms with Gasteiger partial charge < -0.3 is 20.7 Å². The van der Waals surface area contributed by atoms with Gasteiger partial charge in [0.1, 0.15) is 5.54 Å². The first-order valence-electron chi connectivity index (χ1n) is 7.14. The van der Waals surface area contributed by atoms with Crippen molar-refractivity contribution >= 4 is 11.9 Å². The Balaban J connectivity index is 1.79. The number of alkyl halides is 1. The molecular formula is C15H14F3NO5. The van der Waals surface area contributed by atoms with Gasteiger partial charge in [0.05, 0.1) is 12.7 Å². The van der Waals surface area contributed by atoms with Gasteiger partial charge in [0.15, 0.2) is 11.6 Å². The van der Waals surface area contributed by atoms with Gasteiger partial charge >= 0.3 is 11.9 Å². The van der Waals surface area contributed by atoms with Crippen LogP contribution in [0.25, 0.3) is 0 Å². The number of aliphatic carboxylic acids is 2. The minimum atomic E-state index is -2.70. The number of hydrogen-bond acceptors (Lipinski definition) is 4. The largest absolute Gasteiger partial charge is 0.480 e. The van der Waals surface area contributed by atoms with Gasteiger partial charge in [-0.2, -0.15) is 0 Å². The van der Waals surface area contributed by atoms with Gasteiger partial charge in [-0.1, -0.05) is 12.1 Å². The fourth-order valence-electron chi connectivity index (χ4n) is 3.66. The molecule has 0 aromatic heterocycles. The van der Waals surface area contributed by atoms with Gasteiger partial charge in [0.25, 0.3) is 0 Å². The van der Waals surface area contributed by atoms with Crippen LogP contribution in [0.1, 0.15) is 12.0 Å². The van der Waals surface area contributed by atoms with Crippen molar-refractivity contribution in [2.75, 3.05) is 0 Å². The lowest BCUT2D eigenvalue weighted by Gasteiger charge is -2.31. The van der Waals surface area contributed by atoms with Crippen LogP contribution in [0.5, 0.6) is 0 Å². The second-order valence-electron chi connectivity index (χ2n) is 6.14. The summed E-state index contributed by atoms with van der Waals surface area (Å²) in [5.41, 5.74) is 0.690. The summed E-state index contributed by atoms with van der Waals surface area (Å²) in [6.45, 7) is -0.466. The normalized spacial score (nSPS) is 37.1. The monoisotopic (exact) mass is 345 g/mol. The van der Waals surface area contributed by atoms with E-state index in [-0.39, 0.29) is 12.0 Å². The maximum Gasteiger partial charge on any atom is 0.342 e. The number of benzene rings is 1. The van der Waals surface area contributed by atoms with Crippen LogP contribution in [0, 0.1) is 23.5 Å². The fraction of sp³-hybridized carbons (Fsp3) is 0.467. The lowest BCUT2D eigenvalue weighted by atomic mass is 9.88. The summed E-state index contributed by atoms with van der Waals surface area (Å²) in [5.74, 6) is -8.09. The van der Waals surface area contributed by atoms with Gasteiger partial charge in [-0.25, -0.2) is 18.0 Å². The van der Waals surface area contributed by atoms with Crippen molar-refractivity contribution < 1.29 is 37.7 Å². The summed E-state index contributed by atoms with van der Waals surface area (Å²) in [6, 6.07) is 3.43. The first-order valence-corrected chi connectivity index (χ1v) is 7.14. The maximum atomic E-state index is 14.3. The Morgan fingerprint density at radius 1 is 1.29 bits per heavy atom. The van der Waals surface area contributed by atoms with Crippen LogP contribution in [0.2, 0.25) is 0 Å². The Hall–Kier alpha value is -2.13. The highest BCUT2D eigenvalue weighted by molar-refractivity contribution is 5.90. The number of carboxylic acids is 2. The van der Waals surface area contributed by atoms with Gasteiger partial charge in [0.2, 0.25) is 5.67 Å². The number of ether oxygens (including phenoxy) is 1.